The first-order valence-electron chi connectivity index (χ1n) is 7.23. The molecule has 0 aliphatic heterocycles. The summed E-state index contributed by atoms with van der Waals surface area (Å²) < 4.78 is 1.94. The molecular formula is C16H18N2O3. The van der Waals surface area contributed by atoms with Crippen molar-refractivity contribution in [2.45, 2.75) is 31.7 Å². The Balaban J connectivity index is 2.21. The molecule has 110 valence electrons. The number of pyridine rings is 1. The molecule has 21 heavy (non-hydrogen) atoms. The second-order valence-electron chi connectivity index (χ2n) is 5.56. The van der Waals surface area contributed by atoms with Gasteiger partial charge in [0.2, 0.25) is 5.43 Å². The zero-order chi connectivity index (χ0) is 15.0. The predicted octanol–water partition coefficient (Wildman–Crippen LogP) is 1.93. The molecule has 5 nitrogen and oxygen atoms in total. The highest BCUT2D eigenvalue weighted by atomic mass is 16.4. The minimum atomic E-state index is -1.16. The van der Waals surface area contributed by atoms with Crippen LogP contribution < -0.4 is 11.2 Å². The van der Waals surface area contributed by atoms with E-state index in [1.165, 1.54) is 6.20 Å². The van der Waals surface area contributed by atoms with Gasteiger partial charge in [0.15, 0.2) is 0 Å². The van der Waals surface area contributed by atoms with Crippen LogP contribution in [0.2, 0.25) is 0 Å². The van der Waals surface area contributed by atoms with Crippen LogP contribution in [0.15, 0.2) is 29.2 Å². The molecule has 1 aromatic carbocycles. The van der Waals surface area contributed by atoms with Crippen molar-refractivity contribution in [3.8, 4) is 0 Å². The largest absolute Gasteiger partial charge is 0.477 e. The summed E-state index contributed by atoms with van der Waals surface area (Å²) in [6, 6.07) is 6.06. The number of carboxylic acid groups (broad SMARTS) is 1. The fourth-order valence-corrected chi connectivity index (χ4v) is 2.67. The van der Waals surface area contributed by atoms with Crippen molar-refractivity contribution in [3.05, 3.63) is 45.7 Å². The summed E-state index contributed by atoms with van der Waals surface area (Å²) in [6.07, 6.45) is 5.20. The SMILES string of the molecule is NCCCc1ccc2c(c1)c(=O)c(C(=O)O)cn2C1CC1. The number of nitrogens with zero attached hydrogens (tertiary/aromatic N) is 1. The highest BCUT2D eigenvalue weighted by Gasteiger charge is 2.26. The van der Waals surface area contributed by atoms with Gasteiger partial charge in [-0.25, -0.2) is 4.79 Å². The third-order valence-electron chi connectivity index (χ3n) is 3.94. The van der Waals surface area contributed by atoms with E-state index in [0.29, 0.717) is 18.0 Å². The standard InChI is InChI=1S/C16H18N2O3/c17-7-1-2-10-3-6-14-12(8-10)15(19)13(16(20)21)9-18(14)11-4-5-11/h3,6,8-9,11H,1-2,4-5,7,17H2,(H,20,21). The zero-order valence-corrected chi connectivity index (χ0v) is 11.7. The number of carboxylic acids is 1. The summed E-state index contributed by atoms with van der Waals surface area (Å²) in [5, 5.41) is 9.73. The highest BCUT2D eigenvalue weighted by molar-refractivity contribution is 5.92. The number of rotatable bonds is 5. The van der Waals surface area contributed by atoms with E-state index in [1.54, 1.807) is 0 Å². The van der Waals surface area contributed by atoms with Crippen LogP contribution in [0.5, 0.6) is 0 Å². The third-order valence-corrected chi connectivity index (χ3v) is 3.94. The lowest BCUT2D eigenvalue weighted by molar-refractivity contribution is 0.0695. The van der Waals surface area contributed by atoms with Crippen molar-refractivity contribution < 1.29 is 9.90 Å². The van der Waals surface area contributed by atoms with Crippen molar-refractivity contribution in [1.82, 2.24) is 4.57 Å². The maximum atomic E-state index is 12.4. The van der Waals surface area contributed by atoms with Gasteiger partial charge in [-0.3, -0.25) is 4.79 Å². The van der Waals surface area contributed by atoms with Crippen molar-refractivity contribution in [2.75, 3.05) is 6.54 Å². The first-order valence-corrected chi connectivity index (χ1v) is 7.23. The topological polar surface area (TPSA) is 85.3 Å². The van der Waals surface area contributed by atoms with Gasteiger partial charge < -0.3 is 15.4 Å². The monoisotopic (exact) mass is 286 g/mol. The molecule has 0 atom stereocenters. The van der Waals surface area contributed by atoms with Gasteiger partial charge in [-0.15, -0.1) is 0 Å². The van der Waals surface area contributed by atoms with Gasteiger partial charge in [-0.1, -0.05) is 6.07 Å². The molecule has 1 aromatic heterocycles. The quantitative estimate of drug-likeness (QED) is 0.879. The summed E-state index contributed by atoms with van der Waals surface area (Å²) in [5.74, 6) is -1.16. The second-order valence-corrected chi connectivity index (χ2v) is 5.56. The number of hydrogen-bond donors (Lipinski definition) is 2. The van der Waals surface area contributed by atoms with Crippen molar-refractivity contribution in [3.63, 3.8) is 0 Å². The lowest BCUT2D eigenvalue weighted by atomic mass is 10.0. The number of nitrogens with two attached hydrogens (primary N) is 1. The zero-order valence-electron chi connectivity index (χ0n) is 11.7. The summed E-state index contributed by atoms with van der Waals surface area (Å²) >= 11 is 0. The summed E-state index contributed by atoms with van der Waals surface area (Å²) in [6.45, 7) is 0.597. The Labute approximate surface area is 122 Å². The van der Waals surface area contributed by atoms with E-state index in [9.17, 15) is 14.7 Å². The molecule has 0 bridgehead atoms. The van der Waals surface area contributed by atoms with Gasteiger partial charge in [0.05, 0.1) is 5.52 Å². The Hall–Kier alpha value is -2.14. The van der Waals surface area contributed by atoms with Gasteiger partial charge in [-0.05, 0) is 49.9 Å². The van der Waals surface area contributed by atoms with Crippen LogP contribution in [0.25, 0.3) is 10.9 Å². The first-order chi connectivity index (χ1) is 10.1. The number of hydrogen-bond acceptors (Lipinski definition) is 3. The molecule has 5 heteroatoms. The van der Waals surface area contributed by atoms with Crippen molar-refractivity contribution in [2.24, 2.45) is 5.73 Å². The van der Waals surface area contributed by atoms with E-state index in [0.717, 1.165) is 36.8 Å². The predicted molar refractivity (Wildman–Crippen MR) is 80.8 cm³/mol. The van der Waals surface area contributed by atoms with Gasteiger partial charge in [0, 0.05) is 17.6 Å². The first kappa shape index (κ1) is 13.8. The van der Waals surface area contributed by atoms with Crippen molar-refractivity contribution >= 4 is 16.9 Å². The van der Waals surface area contributed by atoms with Gasteiger partial charge in [0.25, 0.3) is 0 Å². The normalized spacial score (nSPS) is 14.5. The molecule has 1 fully saturated rings. The fourth-order valence-electron chi connectivity index (χ4n) is 2.67. The molecule has 1 saturated carbocycles. The van der Waals surface area contributed by atoms with E-state index >= 15 is 0 Å². The Bertz CT molecular complexity index is 760. The molecule has 1 heterocycles. The van der Waals surface area contributed by atoms with Gasteiger partial charge in [-0.2, -0.15) is 0 Å². The molecule has 3 N–H and O–H groups in total. The van der Waals surface area contributed by atoms with E-state index in [4.69, 9.17) is 5.73 Å². The number of fused-ring (bicyclic) bond motifs is 1. The second kappa shape index (κ2) is 5.33. The van der Waals surface area contributed by atoms with E-state index in [1.807, 2.05) is 22.8 Å². The summed E-state index contributed by atoms with van der Waals surface area (Å²) in [4.78, 5) is 23.7. The number of benzene rings is 1. The Kier molecular flexibility index (Phi) is 3.51. The van der Waals surface area contributed by atoms with Crippen LogP contribution in [-0.2, 0) is 6.42 Å². The van der Waals surface area contributed by atoms with E-state index in [-0.39, 0.29) is 5.56 Å². The lowest BCUT2D eigenvalue weighted by Gasteiger charge is -2.12. The Morgan fingerprint density at radius 2 is 2.14 bits per heavy atom. The molecule has 3 rings (SSSR count). The average molecular weight is 286 g/mol. The highest BCUT2D eigenvalue weighted by Crippen LogP contribution is 2.37. The number of aryl methyl sites for hydroxylation is 1. The van der Waals surface area contributed by atoms with Crippen LogP contribution in [0.3, 0.4) is 0 Å². The lowest BCUT2D eigenvalue weighted by Crippen LogP contribution is -2.18. The fraction of sp³-hybridized carbons (Fsp3) is 0.375. The van der Waals surface area contributed by atoms with Gasteiger partial charge >= 0.3 is 5.97 Å². The molecule has 0 unspecified atom stereocenters. The molecule has 1 aliphatic carbocycles. The third kappa shape index (κ3) is 2.56. The smallest absolute Gasteiger partial charge is 0.341 e. The maximum absolute atomic E-state index is 12.4. The van der Waals surface area contributed by atoms with Crippen molar-refractivity contribution in [1.29, 1.82) is 0 Å². The Morgan fingerprint density at radius 3 is 2.76 bits per heavy atom. The molecule has 0 radical (unpaired) electrons. The molecule has 0 spiro atoms. The molecular weight excluding hydrogens is 268 g/mol. The van der Waals surface area contributed by atoms with Crippen LogP contribution in [0.4, 0.5) is 0 Å². The van der Waals surface area contributed by atoms with E-state index < -0.39 is 11.4 Å². The molecule has 0 saturated heterocycles. The number of carbonyl (C=O) groups is 1. The van der Waals surface area contributed by atoms with Crippen LogP contribution in [0.1, 0.15) is 41.2 Å². The molecule has 0 amide bonds. The van der Waals surface area contributed by atoms with Crippen LogP contribution in [0, 0.1) is 0 Å². The minimum Gasteiger partial charge on any atom is -0.477 e. The summed E-state index contributed by atoms with van der Waals surface area (Å²) in [7, 11) is 0. The van der Waals surface area contributed by atoms with E-state index in [2.05, 4.69) is 0 Å². The maximum Gasteiger partial charge on any atom is 0.341 e. The molecule has 1 aliphatic rings. The molecule has 2 aromatic rings. The number of aromatic carboxylic acids is 1. The minimum absolute atomic E-state index is 0.148. The Morgan fingerprint density at radius 1 is 1.38 bits per heavy atom. The van der Waals surface area contributed by atoms with Gasteiger partial charge in [0.1, 0.15) is 5.56 Å². The average Bonchev–Trinajstić information content (AvgIpc) is 3.30. The van der Waals surface area contributed by atoms with Crippen LogP contribution >= 0.6 is 0 Å². The number of aromatic nitrogens is 1. The summed E-state index contributed by atoms with van der Waals surface area (Å²) in [5.41, 5.74) is 6.81. The van der Waals surface area contributed by atoms with Crippen LogP contribution in [-0.4, -0.2) is 22.2 Å².